The van der Waals surface area contributed by atoms with Crippen LogP contribution in [0.15, 0.2) is 5.16 Å². The molecule has 15 heavy (non-hydrogen) atoms. The fraction of sp³-hybridized carbons (Fsp3) is 0.778. The third-order valence-corrected chi connectivity index (χ3v) is 3.46. The molecule has 1 aliphatic rings. The van der Waals surface area contributed by atoms with Crippen molar-refractivity contribution in [3.8, 4) is 0 Å². The summed E-state index contributed by atoms with van der Waals surface area (Å²) in [5, 5.41) is 12.1. The van der Waals surface area contributed by atoms with Gasteiger partial charge in [-0.1, -0.05) is 19.0 Å². The molecule has 2 atom stereocenters. The fourth-order valence-electron chi connectivity index (χ4n) is 1.68. The number of carbonyl (C=O) groups excluding carboxylic acids is 1. The van der Waals surface area contributed by atoms with E-state index < -0.39 is 0 Å². The van der Waals surface area contributed by atoms with E-state index in [1.807, 2.05) is 11.8 Å². The summed E-state index contributed by atoms with van der Waals surface area (Å²) in [4.78, 5) is 13.5. The Balaban J connectivity index is 2.52. The van der Waals surface area contributed by atoms with Gasteiger partial charge in [0.15, 0.2) is 0 Å². The van der Waals surface area contributed by atoms with E-state index in [9.17, 15) is 4.79 Å². The standard InChI is InChI=1S/C9H17N3O2S/c1-6-4-12(5-7(2)15-6)9(13)3-8(10)11-14/h6-7,14H,3-5H2,1-2H3,(H2,10,11). The van der Waals surface area contributed by atoms with Gasteiger partial charge in [0, 0.05) is 23.6 Å². The summed E-state index contributed by atoms with van der Waals surface area (Å²) in [6.45, 7) is 5.69. The van der Waals surface area contributed by atoms with E-state index in [1.165, 1.54) is 0 Å². The number of rotatable bonds is 2. The molecular formula is C9H17N3O2S. The van der Waals surface area contributed by atoms with E-state index in [-0.39, 0.29) is 18.2 Å². The summed E-state index contributed by atoms with van der Waals surface area (Å²) < 4.78 is 0. The predicted octanol–water partition coefficient (Wildman–Crippen LogP) is 0.475. The second kappa shape index (κ2) is 5.25. The molecule has 1 heterocycles. The lowest BCUT2D eigenvalue weighted by Gasteiger charge is -2.34. The van der Waals surface area contributed by atoms with Crippen molar-refractivity contribution in [3.63, 3.8) is 0 Å². The Morgan fingerprint density at radius 2 is 2.07 bits per heavy atom. The Kier molecular flexibility index (Phi) is 4.26. The molecule has 86 valence electrons. The number of carbonyl (C=O) groups is 1. The summed E-state index contributed by atoms with van der Waals surface area (Å²) >= 11 is 1.88. The Hall–Kier alpha value is -0.910. The first-order valence-corrected chi connectivity index (χ1v) is 5.86. The molecule has 0 bridgehead atoms. The lowest BCUT2D eigenvalue weighted by Crippen LogP contribution is -2.45. The lowest BCUT2D eigenvalue weighted by atomic mass is 10.2. The number of thioether (sulfide) groups is 1. The lowest BCUT2D eigenvalue weighted by molar-refractivity contribution is -0.130. The topological polar surface area (TPSA) is 78.9 Å². The molecule has 3 N–H and O–H groups in total. The van der Waals surface area contributed by atoms with Crippen LogP contribution in [0.3, 0.4) is 0 Å². The molecule has 0 spiro atoms. The molecule has 1 fully saturated rings. The first kappa shape index (κ1) is 12.2. The number of nitrogens with two attached hydrogens (primary N) is 1. The summed E-state index contributed by atoms with van der Waals surface area (Å²) in [6, 6.07) is 0. The van der Waals surface area contributed by atoms with E-state index in [4.69, 9.17) is 10.9 Å². The number of oxime groups is 1. The van der Waals surface area contributed by atoms with Crippen LogP contribution in [0, 0.1) is 0 Å². The molecule has 0 aromatic heterocycles. The van der Waals surface area contributed by atoms with Crippen molar-refractivity contribution in [1.29, 1.82) is 0 Å². The quantitative estimate of drug-likeness (QED) is 0.313. The van der Waals surface area contributed by atoms with Crippen LogP contribution in [-0.2, 0) is 4.79 Å². The van der Waals surface area contributed by atoms with Gasteiger partial charge in [-0.3, -0.25) is 4.79 Å². The minimum Gasteiger partial charge on any atom is -0.409 e. The van der Waals surface area contributed by atoms with E-state index >= 15 is 0 Å². The highest BCUT2D eigenvalue weighted by Gasteiger charge is 2.25. The molecule has 0 aromatic rings. The van der Waals surface area contributed by atoms with Gasteiger partial charge in [-0.05, 0) is 0 Å². The molecular weight excluding hydrogens is 214 g/mol. The van der Waals surface area contributed by atoms with E-state index in [0.29, 0.717) is 10.5 Å². The van der Waals surface area contributed by atoms with Crippen LogP contribution in [0.5, 0.6) is 0 Å². The Morgan fingerprint density at radius 1 is 1.53 bits per heavy atom. The van der Waals surface area contributed by atoms with Gasteiger partial charge in [0.1, 0.15) is 5.84 Å². The molecule has 1 rings (SSSR count). The highest BCUT2D eigenvalue weighted by molar-refractivity contribution is 8.00. The average Bonchev–Trinajstić information content (AvgIpc) is 2.16. The zero-order valence-electron chi connectivity index (χ0n) is 9.01. The zero-order valence-corrected chi connectivity index (χ0v) is 9.83. The van der Waals surface area contributed by atoms with Crippen molar-refractivity contribution < 1.29 is 10.0 Å². The Labute approximate surface area is 93.7 Å². The Morgan fingerprint density at radius 3 is 2.53 bits per heavy atom. The summed E-state index contributed by atoms with van der Waals surface area (Å²) in [6.07, 6.45) is 0.000602. The smallest absolute Gasteiger partial charge is 0.230 e. The fourth-order valence-corrected chi connectivity index (χ4v) is 3.01. The van der Waals surface area contributed by atoms with Crippen molar-refractivity contribution in [2.45, 2.75) is 30.8 Å². The average molecular weight is 231 g/mol. The molecule has 1 saturated heterocycles. The van der Waals surface area contributed by atoms with Crippen LogP contribution >= 0.6 is 11.8 Å². The van der Waals surface area contributed by atoms with Crippen molar-refractivity contribution in [1.82, 2.24) is 4.90 Å². The minimum absolute atomic E-state index is 0.000602. The highest BCUT2D eigenvalue weighted by Crippen LogP contribution is 2.24. The second-order valence-electron chi connectivity index (χ2n) is 3.82. The third-order valence-electron chi connectivity index (χ3n) is 2.23. The number of amides is 1. The monoisotopic (exact) mass is 231 g/mol. The van der Waals surface area contributed by atoms with Crippen LogP contribution in [0.25, 0.3) is 0 Å². The maximum absolute atomic E-state index is 11.7. The summed E-state index contributed by atoms with van der Waals surface area (Å²) in [5.74, 6) is -0.0946. The van der Waals surface area contributed by atoms with Gasteiger partial charge in [0.2, 0.25) is 5.91 Å². The number of hydrogen-bond acceptors (Lipinski definition) is 4. The number of nitrogens with zero attached hydrogens (tertiary/aromatic N) is 2. The van der Waals surface area contributed by atoms with E-state index in [0.717, 1.165) is 13.1 Å². The molecule has 0 saturated carbocycles. The van der Waals surface area contributed by atoms with Crippen LogP contribution in [0.2, 0.25) is 0 Å². The molecule has 6 heteroatoms. The van der Waals surface area contributed by atoms with Gasteiger partial charge in [-0.25, -0.2) is 0 Å². The molecule has 1 aliphatic heterocycles. The predicted molar refractivity (Wildman–Crippen MR) is 61.1 cm³/mol. The zero-order chi connectivity index (χ0) is 11.4. The Bertz CT molecular complexity index is 260. The highest BCUT2D eigenvalue weighted by atomic mass is 32.2. The van der Waals surface area contributed by atoms with Crippen LogP contribution in [-0.4, -0.2) is 45.4 Å². The third kappa shape index (κ3) is 3.62. The minimum atomic E-state index is -0.0655. The largest absolute Gasteiger partial charge is 0.409 e. The van der Waals surface area contributed by atoms with Gasteiger partial charge in [0.25, 0.3) is 0 Å². The van der Waals surface area contributed by atoms with Crippen molar-refractivity contribution in [3.05, 3.63) is 0 Å². The molecule has 0 aromatic carbocycles. The number of amidine groups is 1. The van der Waals surface area contributed by atoms with E-state index in [2.05, 4.69) is 19.0 Å². The summed E-state index contributed by atoms with van der Waals surface area (Å²) in [5.41, 5.74) is 5.30. The van der Waals surface area contributed by atoms with Gasteiger partial charge in [-0.2, -0.15) is 11.8 Å². The van der Waals surface area contributed by atoms with Crippen LogP contribution in [0.4, 0.5) is 0 Å². The van der Waals surface area contributed by atoms with Crippen LogP contribution < -0.4 is 5.73 Å². The maximum atomic E-state index is 11.7. The van der Waals surface area contributed by atoms with E-state index in [1.54, 1.807) is 4.90 Å². The summed E-state index contributed by atoms with van der Waals surface area (Å²) in [7, 11) is 0. The van der Waals surface area contributed by atoms with Crippen molar-refractivity contribution in [2.75, 3.05) is 13.1 Å². The normalized spacial score (nSPS) is 27.9. The van der Waals surface area contributed by atoms with Gasteiger partial charge in [0.05, 0.1) is 6.42 Å². The molecule has 2 unspecified atom stereocenters. The second-order valence-corrected chi connectivity index (χ2v) is 5.71. The van der Waals surface area contributed by atoms with Gasteiger partial charge >= 0.3 is 0 Å². The molecule has 5 nitrogen and oxygen atoms in total. The number of hydrogen-bond donors (Lipinski definition) is 2. The molecule has 0 radical (unpaired) electrons. The van der Waals surface area contributed by atoms with Gasteiger partial charge < -0.3 is 15.8 Å². The first-order chi connectivity index (χ1) is 7.02. The van der Waals surface area contributed by atoms with Crippen molar-refractivity contribution >= 4 is 23.5 Å². The molecule has 0 aliphatic carbocycles. The van der Waals surface area contributed by atoms with Gasteiger partial charge in [-0.15, -0.1) is 0 Å². The maximum Gasteiger partial charge on any atom is 0.230 e. The SMILES string of the molecule is CC1CN(C(=O)CC(N)=NO)CC(C)S1. The van der Waals surface area contributed by atoms with Crippen molar-refractivity contribution in [2.24, 2.45) is 10.9 Å². The first-order valence-electron chi connectivity index (χ1n) is 4.92. The van der Waals surface area contributed by atoms with Crippen LogP contribution in [0.1, 0.15) is 20.3 Å². The molecule has 1 amide bonds.